The highest BCUT2D eigenvalue weighted by Gasteiger charge is 2.27. The number of likely N-dealkylation sites (N-methyl/N-ethyl adjacent to an activating group) is 1. The quantitative estimate of drug-likeness (QED) is 0.899. The third-order valence-electron chi connectivity index (χ3n) is 3.87. The Hall–Kier alpha value is -0.840. The van der Waals surface area contributed by atoms with Crippen molar-refractivity contribution in [2.75, 3.05) is 31.1 Å². The van der Waals surface area contributed by atoms with Crippen LogP contribution in [0.2, 0.25) is 5.02 Å². The molecule has 0 aliphatic carbocycles. The minimum Gasteiger partial charge on any atom is -0.390 e. The first-order valence-corrected chi connectivity index (χ1v) is 7.32. The Morgan fingerprint density at radius 2 is 2.16 bits per heavy atom. The number of hydrogen-bond donors (Lipinski definition) is 1. The van der Waals surface area contributed by atoms with Gasteiger partial charge in [-0.05, 0) is 31.6 Å². The molecule has 0 aromatic carbocycles. The van der Waals surface area contributed by atoms with E-state index in [0.717, 1.165) is 32.0 Å². The van der Waals surface area contributed by atoms with Crippen LogP contribution in [0.15, 0.2) is 12.1 Å². The second kappa shape index (κ2) is 6.55. The predicted molar refractivity (Wildman–Crippen MR) is 78.7 cm³/mol. The Kier molecular flexibility index (Phi) is 5.02. The minimum absolute atomic E-state index is 0.111. The van der Waals surface area contributed by atoms with Crippen molar-refractivity contribution in [1.29, 1.82) is 0 Å². The molecule has 4 nitrogen and oxygen atoms in total. The van der Waals surface area contributed by atoms with E-state index in [0.29, 0.717) is 16.8 Å². The summed E-state index contributed by atoms with van der Waals surface area (Å²) in [6.45, 7) is 8.49. The molecule has 0 saturated carbocycles. The lowest BCUT2D eigenvalue weighted by molar-refractivity contribution is 0.232. The third-order valence-corrected chi connectivity index (χ3v) is 4.21. The second-order valence-corrected chi connectivity index (χ2v) is 5.27. The number of pyridine rings is 1. The summed E-state index contributed by atoms with van der Waals surface area (Å²) in [7, 11) is 0. The van der Waals surface area contributed by atoms with Crippen molar-refractivity contribution < 1.29 is 5.11 Å². The Morgan fingerprint density at radius 1 is 1.42 bits per heavy atom. The summed E-state index contributed by atoms with van der Waals surface area (Å²) in [6.07, 6.45) is 1.17. The van der Waals surface area contributed by atoms with Crippen molar-refractivity contribution in [2.45, 2.75) is 32.9 Å². The molecular weight excluding hydrogens is 262 g/mol. The molecule has 5 heteroatoms. The van der Waals surface area contributed by atoms with Crippen LogP contribution in [-0.2, 0) is 6.61 Å². The Balaban J connectivity index is 2.08. The first kappa shape index (κ1) is 14.6. The van der Waals surface area contributed by atoms with Gasteiger partial charge in [0.05, 0.1) is 17.3 Å². The fraction of sp³-hybridized carbons (Fsp3) is 0.643. The van der Waals surface area contributed by atoms with Gasteiger partial charge in [-0.1, -0.05) is 25.4 Å². The van der Waals surface area contributed by atoms with E-state index >= 15 is 0 Å². The van der Waals surface area contributed by atoms with Crippen molar-refractivity contribution in [3.8, 4) is 0 Å². The molecule has 1 aliphatic heterocycles. The minimum atomic E-state index is -0.111. The van der Waals surface area contributed by atoms with Gasteiger partial charge >= 0.3 is 0 Å². The van der Waals surface area contributed by atoms with Gasteiger partial charge in [0.25, 0.3) is 0 Å². The summed E-state index contributed by atoms with van der Waals surface area (Å²) in [5.41, 5.74) is 0.561. The molecule has 2 rings (SSSR count). The van der Waals surface area contributed by atoms with Crippen LogP contribution >= 0.6 is 11.6 Å². The summed E-state index contributed by atoms with van der Waals surface area (Å²) in [5, 5.41) is 9.76. The van der Waals surface area contributed by atoms with E-state index < -0.39 is 0 Å². The fourth-order valence-electron chi connectivity index (χ4n) is 2.75. The summed E-state index contributed by atoms with van der Waals surface area (Å²) < 4.78 is 0. The second-order valence-electron chi connectivity index (χ2n) is 4.87. The first-order chi connectivity index (χ1) is 9.19. The molecule has 1 aromatic heterocycles. The van der Waals surface area contributed by atoms with E-state index in [1.807, 2.05) is 12.1 Å². The van der Waals surface area contributed by atoms with Crippen LogP contribution in [0.25, 0.3) is 0 Å². The average molecular weight is 284 g/mol. The highest BCUT2D eigenvalue weighted by atomic mass is 35.5. The maximum absolute atomic E-state index is 9.23. The van der Waals surface area contributed by atoms with Gasteiger partial charge in [0.15, 0.2) is 0 Å². The smallest absolute Gasteiger partial charge is 0.129 e. The molecule has 1 saturated heterocycles. The largest absolute Gasteiger partial charge is 0.390 e. The van der Waals surface area contributed by atoms with Crippen LogP contribution in [-0.4, -0.2) is 47.2 Å². The van der Waals surface area contributed by atoms with Crippen LogP contribution in [0.1, 0.15) is 26.0 Å². The van der Waals surface area contributed by atoms with Crippen LogP contribution in [0.5, 0.6) is 0 Å². The molecule has 1 N–H and O–H groups in total. The standard InChI is InChI=1S/C14H22ClN3O/c1-3-17(4-2)11-7-8-18(9-11)14-6-5-12(15)13(10-19)16-14/h5-6,11,19H,3-4,7-10H2,1-2H3. The number of anilines is 1. The summed E-state index contributed by atoms with van der Waals surface area (Å²) in [5.74, 6) is 0.920. The van der Waals surface area contributed by atoms with E-state index in [2.05, 4.69) is 28.6 Å². The van der Waals surface area contributed by atoms with E-state index in [4.69, 9.17) is 11.6 Å². The molecule has 1 aromatic rings. The van der Waals surface area contributed by atoms with Crippen LogP contribution in [0, 0.1) is 0 Å². The van der Waals surface area contributed by atoms with Gasteiger partial charge in [0.1, 0.15) is 5.82 Å². The number of halogens is 1. The number of nitrogens with zero attached hydrogens (tertiary/aromatic N) is 3. The Labute approximate surface area is 120 Å². The van der Waals surface area contributed by atoms with Crippen LogP contribution in [0.3, 0.4) is 0 Å². The SMILES string of the molecule is CCN(CC)C1CCN(c2ccc(Cl)c(CO)n2)C1. The number of aromatic nitrogens is 1. The molecule has 0 bridgehead atoms. The molecule has 1 atom stereocenters. The number of aliphatic hydroxyl groups is 1. The average Bonchev–Trinajstić information content (AvgIpc) is 2.90. The molecular formula is C14H22ClN3O. The molecule has 19 heavy (non-hydrogen) atoms. The zero-order chi connectivity index (χ0) is 13.8. The Morgan fingerprint density at radius 3 is 2.79 bits per heavy atom. The Bertz CT molecular complexity index is 423. The number of aliphatic hydroxyl groups excluding tert-OH is 1. The van der Waals surface area contributed by atoms with Gasteiger partial charge in [0.2, 0.25) is 0 Å². The number of hydrogen-bond acceptors (Lipinski definition) is 4. The van der Waals surface area contributed by atoms with E-state index in [-0.39, 0.29) is 6.61 Å². The zero-order valence-electron chi connectivity index (χ0n) is 11.6. The van der Waals surface area contributed by atoms with Gasteiger partial charge < -0.3 is 10.0 Å². The molecule has 0 spiro atoms. The van der Waals surface area contributed by atoms with Gasteiger partial charge in [0, 0.05) is 19.1 Å². The van der Waals surface area contributed by atoms with Crippen molar-refractivity contribution >= 4 is 17.4 Å². The van der Waals surface area contributed by atoms with E-state index in [9.17, 15) is 5.11 Å². The molecule has 1 fully saturated rings. The van der Waals surface area contributed by atoms with E-state index in [1.54, 1.807) is 0 Å². The summed E-state index contributed by atoms with van der Waals surface area (Å²) >= 11 is 5.98. The highest BCUT2D eigenvalue weighted by molar-refractivity contribution is 6.31. The number of rotatable bonds is 5. The van der Waals surface area contributed by atoms with Crippen molar-refractivity contribution in [3.63, 3.8) is 0 Å². The van der Waals surface area contributed by atoms with Gasteiger partial charge in [-0.25, -0.2) is 4.98 Å². The zero-order valence-corrected chi connectivity index (χ0v) is 12.4. The van der Waals surface area contributed by atoms with E-state index in [1.165, 1.54) is 6.42 Å². The maximum Gasteiger partial charge on any atom is 0.129 e. The monoisotopic (exact) mass is 283 g/mol. The lowest BCUT2D eigenvalue weighted by atomic mass is 10.2. The van der Waals surface area contributed by atoms with Crippen LogP contribution < -0.4 is 4.90 Å². The summed E-state index contributed by atoms with van der Waals surface area (Å²) in [4.78, 5) is 9.21. The van der Waals surface area contributed by atoms with Gasteiger partial charge in [-0.2, -0.15) is 0 Å². The lowest BCUT2D eigenvalue weighted by Crippen LogP contribution is -2.37. The summed E-state index contributed by atoms with van der Waals surface area (Å²) in [6, 6.07) is 4.36. The predicted octanol–water partition coefficient (Wildman–Crippen LogP) is 2.15. The van der Waals surface area contributed by atoms with Crippen LogP contribution in [0.4, 0.5) is 5.82 Å². The molecule has 1 aliphatic rings. The van der Waals surface area contributed by atoms with Gasteiger partial charge in [-0.15, -0.1) is 0 Å². The highest BCUT2D eigenvalue weighted by Crippen LogP contribution is 2.24. The first-order valence-electron chi connectivity index (χ1n) is 6.94. The molecule has 0 radical (unpaired) electrons. The lowest BCUT2D eigenvalue weighted by Gasteiger charge is -2.26. The van der Waals surface area contributed by atoms with Crippen molar-refractivity contribution in [1.82, 2.24) is 9.88 Å². The topological polar surface area (TPSA) is 39.6 Å². The van der Waals surface area contributed by atoms with Crippen molar-refractivity contribution in [2.24, 2.45) is 0 Å². The molecule has 1 unspecified atom stereocenters. The fourth-order valence-corrected chi connectivity index (χ4v) is 2.91. The molecule has 0 amide bonds. The van der Waals surface area contributed by atoms with Gasteiger partial charge in [-0.3, -0.25) is 4.90 Å². The maximum atomic E-state index is 9.23. The molecule has 106 valence electrons. The third kappa shape index (κ3) is 3.19. The van der Waals surface area contributed by atoms with Crippen molar-refractivity contribution in [3.05, 3.63) is 22.8 Å². The normalized spacial score (nSPS) is 19.4. The molecule has 2 heterocycles.